The number of carbonyl (C=O) groups excluding carboxylic acids is 2. The van der Waals surface area contributed by atoms with Gasteiger partial charge in [-0.15, -0.1) is 0 Å². The molecule has 2 saturated carbocycles. The molecule has 152 valence electrons. The third kappa shape index (κ3) is 4.11. The molecule has 4 rings (SSSR count). The van der Waals surface area contributed by atoms with Crippen LogP contribution in [0.3, 0.4) is 0 Å². The second-order valence-electron chi connectivity index (χ2n) is 8.90. The van der Waals surface area contributed by atoms with E-state index in [1.165, 1.54) is 44.9 Å². The van der Waals surface area contributed by atoms with Crippen molar-refractivity contribution in [1.29, 1.82) is 0 Å². The molecule has 1 aromatic rings. The second kappa shape index (κ2) is 9.11. The Morgan fingerprint density at radius 1 is 0.821 bits per heavy atom. The molecule has 2 amide bonds. The third-order valence-corrected chi connectivity index (χ3v) is 6.92. The molecule has 0 aromatic heterocycles. The van der Waals surface area contributed by atoms with Crippen LogP contribution in [0.1, 0.15) is 105 Å². The first kappa shape index (κ1) is 19.5. The summed E-state index contributed by atoms with van der Waals surface area (Å²) in [6.07, 6.45) is 15.2. The van der Waals surface area contributed by atoms with Gasteiger partial charge in [-0.05, 0) is 37.3 Å². The minimum atomic E-state index is -0.447. The maximum Gasteiger partial charge on any atom is 0.255 e. The maximum absolute atomic E-state index is 13.5. The summed E-state index contributed by atoms with van der Waals surface area (Å²) in [7, 11) is 0. The topological polar surface area (TPSA) is 49.4 Å². The molecular formula is C24H34N2O2. The van der Waals surface area contributed by atoms with Crippen molar-refractivity contribution in [1.82, 2.24) is 10.2 Å². The lowest BCUT2D eigenvalue weighted by atomic mass is 9.96. The highest BCUT2D eigenvalue weighted by molar-refractivity contribution is 6.04. The van der Waals surface area contributed by atoms with Gasteiger partial charge < -0.3 is 10.2 Å². The Morgan fingerprint density at radius 3 is 2.07 bits per heavy atom. The van der Waals surface area contributed by atoms with Gasteiger partial charge >= 0.3 is 0 Å². The van der Waals surface area contributed by atoms with Crippen molar-refractivity contribution in [3.63, 3.8) is 0 Å². The summed E-state index contributed by atoms with van der Waals surface area (Å²) in [4.78, 5) is 28.7. The first-order valence-electron chi connectivity index (χ1n) is 11.5. The van der Waals surface area contributed by atoms with Gasteiger partial charge in [0.05, 0.1) is 0 Å². The van der Waals surface area contributed by atoms with E-state index in [0.717, 1.165) is 49.7 Å². The zero-order valence-electron chi connectivity index (χ0n) is 17.0. The van der Waals surface area contributed by atoms with Gasteiger partial charge in [0.15, 0.2) is 0 Å². The van der Waals surface area contributed by atoms with Crippen LogP contribution in [0.15, 0.2) is 24.3 Å². The average molecular weight is 383 g/mol. The van der Waals surface area contributed by atoms with Crippen LogP contribution in [0, 0.1) is 0 Å². The molecule has 4 heteroatoms. The Balaban J connectivity index is 1.57. The number of rotatable bonds is 3. The summed E-state index contributed by atoms with van der Waals surface area (Å²) < 4.78 is 0. The summed E-state index contributed by atoms with van der Waals surface area (Å²) in [5.41, 5.74) is 1.63. The zero-order valence-corrected chi connectivity index (χ0v) is 17.0. The molecule has 28 heavy (non-hydrogen) atoms. The fourth-order valence-corrected chi connectivity index (χ4v) is 5.40. The number of hydrogen-bond acceptors (Lipinski definition) is 2. The minimum Gasteiger partial charge on any atom is -0.351 e. The highest BCUT2D eigenvalue weighted by Crippen LogP contribution is 2.38. The van der Waals surface area contributed by atoms with E-state index in [1.807, 2.05) is 29.2 Å². The molecule has 1 aliphatic heterocycles. The predicted octanol–water partition coefficient (Wildman–Crippen LogP) is 5.14. The van der Waals surface area contributed by atoms with E-state index in [-0.39, 0.29) is 23.9 Å². The number of benzene rings is 1. The Labute approximate surface area is 169 Å². The van der Waals surface area contributed by atoms with Gasteiger partial charge in [-0.1, -0.05) is 76.0 Å². The summed E-state index contributed by atoms with van der Waals surface area (Å²) >= 11 is 0. The summed E-state index contributed by atoms with van der Waals surface area (Å²) in [5.74, 6) is 0.0911. The smallest absolute Gasteiger partial charge is 0.255 e. The van der Waals surface area contributed by atoms with Crippen molar-refractivity contribution in [2.75, 3.05) is 0 Å². The van der Waals surface area contributed by atoms with Crippen molar-refractivity contribution in [3.05, 3.63) is 35.4 Å². The molecule has 1 heterocycles. The van der Waals surface area contributed by atoms with Gasteiger partial charge in [-0.3, -0.25) is 9.59 Å². The van der Waals surface area contributed by atoms with Gasteiger partial charge in [0.25, 0.3) is 5.91 Å². The highest BCUT2D eigenvalue weighted by Gasteiger charge is 2.44. The lowest BCUT2D eigenvalue weighted by Gasteiger charge is -2.33. The van der Waals surface area contributed by atoms with Gasteiger partial charge in [0, 0.05) is 17.6 Å². The number of carbonyl (C=O) groups is 2. The van der Waals surface area contributed by atoms with Gasteiger partial charge in [-0.25, -0.2) is 0 Å². The molecule has 0 saturated heterocycles. The number of amides is 2. The van der Waals surface area contributed by atoms with Crippen LogP contribution >= 0.6 is 0 Å². The first-order valence-corrected chi connectivity index (χ1v) is 11.5. The predicted molar refractivity (Wildman–Crippen MR) is 111 cm³/mol. The van der Waals surface area contributed by atoms with Crippen molar-refractivity contribution < 1.29 is 9.59 Å². The lowest BCUT2D eigenvalue weighted by Crippen LogP contribution is -2.47. The van der Waals surface area contributed by atoms with E-state index >= 15 is 0 Å². The lowest BCUT2D eigenvalue weighted by molar-refractivity contribution is -0.127. The molecule has 1 N–H and O–H groups in total. The SMILES string of the molecule is O=C(NC1CCCCCCC1)[C@H]1c2ccccc2C(=O)N1C1CCCCCC1. The summed E-state index contributed by atoms with van der Waals surface area (Å²) in [5, 5.41) is 3.34. The highest BCUT2D eigenvalue weighted by atomic mass is 16.2. The van der Waals surface area contributed by atoms with Crippen molar-refractivity contribution in [3.8, 4) is 0 Å². The van der Waals surface area contributed by atoms with Crippen LogP contribution in [0.2, 0.25) is 0 Å². The average Bonchev–Trinajstić information content (AvgIpc) is 2.84. The molecule has 2 fully saturated rings. The summed E-state index contributed by atoms with van der Waals surface area (Å²) in [6.45, 7) is 0. The molecule has 0 radical (unpaired) electrons. The van der Waals surface area contributed by atoms with E-state index in [4.69, 9.17) is 0 Å². The van der Waals surface area contributed by atoms with Crippen molar-refractivity contribution >= 4 is 11.8 Å². The van der Waals surface area contributed by atoms with Crippen molar-refractivity contribution in [2.24, 2.45) is 0 Å². The van der Waals surface area contributed by atoms with Gasteiger partial charge in [-0.2, -0.15) is 0 Å². The molecule has 0 unspecified atom stereocenters. The fourth-order valence-electron chi connectivity index (χ4n) is 5.40. The molecular weight excluding hydrogens is 348 g/mol. The Bertz CT molecular complexity index is 686. The minimum absolute atomic E-state index is 0.0353. The molecule has 0 spiro atoms. The van der Waals surface area contributed by atoms with Crippen molar-refractivity contribution in [2.45, 2.75) is 102 Å². The molecule has 1 aromatic carbocycles. The van der Waals surface area contributed by atoms with E-state index < -0.39 is 6.04 Å². The zero-order chi connectivity index (χ0) is 19.3. The Morgan fingerprint density at radius 2 is 1.39 bits per heavy atom. The first-order chi connectivity index (χ1) is 13.8. The monoisotopic (exact) mass is 382 g/mol. The largest absolute Gasteiger partial charge is 0.351 e. The van der Waals surface area contributed by atoms with Crippen LogP contribution in [-0.4, -0.2) is 28.8 Å². The molecule has 2 aliphatic carbocycles. The maximum atomic E-state index is 13.5. The third-order valence-electron chi connectivity index (χ3n) is 6.92. The van der Waals surface area contributed by atoms with Crippen LogP contribution in [0.25, 0.3) is 0 Å². The normalized spacial score (nSPS) is 24.9. The van der Waals surface area contributed by atoms with E-state index in [1.54, 1.807) is 0 Å². The van der Waals surface area contributed by atoms with Gasteiger partial charge in [0.1, 0.15) is 6.04 Å². The molecule has 0 bridgehead atoms. The second-order valence-corrected chi connectivity index (χ2v) is 8.90. The number of hydrogen-bond donors (Lipinski definition) is 1. The quantitative estimate of drug-likeness (QED) is 0.736. The van der Waals surface area contributed by atoms with Crippen LogP contribution in [0.5, 0.6) is 0 Å². The number of nitrogens with zero attached hydrogens (tertiary/aromatic N) is 1. The number of nitrogens with one attached hydrogen (secondary N) is 1. The van der Waals surface area contributed by atoms with Crippen LogP contribution < -0.4 is 5.32 Å². The molecule has 3 aliphatic rings. The van der Waals surface area contributed by atoms with Crippen LogP contribution in [-0.2, 0) is 4.79 Å². The molecule has 4 nitrogen and oxygen atoms in total. The van der Waals surface area contributed by atoms with E-state index in [9.17, 15) is 9.59 Å². The van der Waals surface area contributed by atoms with Gasteiger partial charge in [0.2, 0.25) is 5.91 Å². The Hall–Kier alpha value is -1.84. The fraction of sp³-hybridized carbons (Fsp3) is 0.667. The standard InChI is InChI=1S/C24H34N2O2/c27-23(25-18-12-6-2-1-3-7-13-18)22-20-16-10-11-17-21(20)24(28)26(22)19-14-8-4-5-9-15-19/h10-11,16-19,22H,1-9,12-15H2,(H,25,27)/t22-/m1/s1. The number of fused-ring (bicyclic) bond motifs is 1. The Kier molecular flexibility index (Phi) is 6.33. The van der Waals surface area contributed by atoms with E-state index in [0.29, 0.717) is 0 Å². The van der Waals surface area contributed by atoms with Crippen LogP contribution in [0.4, 0.5) is 0 Å². The van der Waals surface area contributed by atoms with E-state index in [2.05, 4.69) is 5.32 Å². The summed E-state index contributed by atoms with van der Waals surface area (Å²) in [6, 6.07) is 7.74. The molecule has 1 atom stereocenters.